The molecule has 10 nitrogen and oxygen atoms in total. The van der Waals surface area contributed by atoms with Gasteiger partial charge in [0.1, 0.15) is 0 Å². The van der Waals surface area contributed by atoms with Crippen LogP contribution in [-0.2, 0) is 23.7 Å². The molecule has 2 saturated heterocycles. The van der Waals surface area contributed by atoms with Gasteiger partial charge in [0, 0.05) is 49.4 Å². The van der Waals surface area contributed by atoms with Gasteiger partial charge in [-0.3, -0.25) is 9.80 Å². The molecule has 4 fully saturated rings. The number of piperidine rings is 2. The number of hydrogen-bond donors (Lipinski definition) is 4. The Kier molecular flexibility index (Phi) is 7.61. The molecule has 4 aliphatic carbocycles. The summed E-state index contributed by atoms with van der Waals surface area (Å²) in [5, 5.41) is 57.4. The van der Waals surface area contributed by atoms with Crippen molar-refractivity contribution in [2.75, 3.05) is 26.2 Å². The van der Waals surface area contributed by atoms with Crippen molar-refractivity contribution in [2.24, 2.45) is 10.2 Å². The van der Waals surface area contributed by atoms with E-state index < -0.39 is 34.2 Å². The summed E-state index contributed by atoms with van der Waals surface area (Å²) in [5.74, 6) is 1.11. The van der Waals surface area contributed by atoms with Gasteiger partial charge in [-0.2, -0.15) is 10.2 Å². The normalized spacial score (nSPS) is 39.7. The summed E-state index contributed by atoms with van der Waals surface area (Å²) >= 11 is 0. The average molecular weight is 724 g/mol. The van der Waals surface area contributed by atoms with Gasteiger partial charge in [0.05, 0.1) is 33.5 Å². The van der Waals surface area contributed by atoms with Crippen LogP contribution in [0.5, 0.6) is 23.0 Å². The summed E-state index contributed by atoms with van der Waals surface area (Å²) in [4.78, 5) is 4.68. The number of halogens is 2. The Balaban J connectivity index is 0.00000180. The molecular formula is C38H44Cl2N4O6. The lowest BCUT2D eigenvalue weighted by Gasteiger charge is -2.63. The first kappa shape index (κ1) is 34.0. The highest BCUT2D eigenvalue weighted by molar-refractivity contribution is 5.98. The predicted octanol–water partition coefficient (Wildman–Crippen LogP) is 4.12. The standard InChI is InChI=1S/C38H42N4O6.2ClH/c1-3-15-41-17-13-35-29-21-5-7-25(43)31(29)47-33(35)23(9-11-37(35,45)27(41)19-21)39-40-24-10-12-38(46)28-20-22-6-8-26(44)32-30(22)36(38,34(24)48-32)14-18-42(28)16-4-2;;/h3-8,27-28,33-34,43-46H,1-2,9-20H2;2*1H/b39-23+,40-24+;;. The number of phenols is 2. The molecule has 10 rings (SSSR count). The van der Waals surface area contributed by atoms with Crippen LogP contribution < -0.4 is 9.47 Å². The van der Waals surface area contributed by atoms with Crippen molar-refractivity contribution in [1.82, 2.24) is 9.80 Å². The lowest BCUT2D eigenvalue weighted by atomic mass is 9.48. The van der Waals surface area contributed by atoms with Crippen molar-refractivity contribution in [3.05, 3.63) is 71.8 Å². The summed E-state index contributed by atoms with van der Waals surface area (Å²) < 4.78 is 13.3. The average Bonchev–Trinajstić information content (AvgIpc) is 3.61. The first-order valence-electron chi connectivity index (χ1n) is 17.5. The number of rotatable bonds is 5. The lowest BCUT2D eigenvalue weighted by Crippen LogP contribution is -2.76. The third-order valence-electron chi connectivity index (χ3n) is 13.8. The number of aliphatic hydroxyl groups is 2. The molecule has 4 N–H and O–H groups in total. The quantitative estimate of drug-likeness (QED) is 0.268. The maximum Gasteiger partial charge on any atom is 0.166 e. The Labute approximate surface area is 304 Å². The summed E-state index contributed by atoms with van der Waals surface area (Å²) in [6.07, 6.45) is 7.42. The number of likely N-dealkylation sites (tertiary alicyclic amines) is 2. The zero-order valence-electron chi connectivity index (χ0n) is 27.9. The Hall–Kier alpha value is -3.12. The van der Waals surface area contributed by atoms with Gasteiger partial charge in [-0.05, 0) is 74.6 Å². The van der Waals surface area contributed by atoms with E-state index in [-0.39, 0.29) is 48.4 Å². The molecule has 4 heterocycles. The van der Waals surface area contributed by atoms with Crippen molar-refractivity contribution in [2.45, 2.75) is 97.7 Å². The number of nitrogens with zero attached hydrogens (tertiary/aromatic N) is 4. The molecule has 50 heavy (non-hydrogen) atoms. The number of aromatic hydroxyl groups is 2. The third-order valence-corrected chi connectivity index (χ3v) is 13.8. The zero-order valence-corrected chi connectivity index (χ0v) is 29.5. The minimum absolute atomic E-state index is 0. The van der Waals surface area contributed by atoms with Crippen molar-refractivity contribution in [1.29, 1.82) is 0 Å². The molecule has 2 saturated carbocycles. The highest BCUT2D eigenvalue weighted by atomic mass is 35.5. The largest absolute Gasteiger partial charge is 0.504 e. The molecule has 2 aromatic rings. The zero-order chi connectivity index (χ0) is 32.8. The fourth-order valence-corrected chi connectivity index (χ4v) is 12.0. The number of ether oxygens (including phenoxy) is 2. The Morgan fingerprint density at radius 3 is 1.52 bits per heavy atom. The first-order chi connectivity index (χ1) is 23.2. The van der Waals surface area contributed by atoms with Crippen LogP contribution in [0.25, 0.3) is 0 Å². The summed E-state index contributed by atoms with van der Waals surface area (Å²) in [6.45, 7) is 10.9. The highest BCUT2D eigenvalue weighted by Crippen LogP contribution is 2.66. The van der Waals surface area contributed by atoms with Crippen LogP contribution in [0.2, 0.25) is 0 Å². The Morgan fingerprint density at radius 1 is 0.700 bits per heavy atom. The number of hydrogen-bond acceptors (Lipinski definition) is 10. The molecular weight excluding hydrogens is 679 g/mol. The van der Waals surface area contributed by atoms with Crippen LogP contribution in [0.15, 0.2) is 59.8 Å². The molecule has 4 bridgehead atoms. The van der Waals surface area contributed by atoms with Crippen LogP contribution in [0.4, 0.5) is 0 Å². The third kappa shape index (κ3) is 3.75. The molecule has 2 spiro atoms. The highest BCUT2D eigenvalue weighted by Gasteiger charge is 2.74. The van der Waals surface area contributed by atoms with E-state index in [1.54, 1.807) is 12.1 Å². The van der Waals surface area contributed by atoms with E-state index in [1.807, 2.05) is 24.3 Å². The van der Waals surface area contributed by atoms with Crippen molar-refractivity contribution >= 4 is 36.2 Å². The molecule has 0 radical (unpaired) electrons. The van der Waals surface area contributed by atoms with E-state index in [0.29, 0.717) is 76.0 Å². The lowest BCUT2D eigenvalue weighted by molar-refractivity contribution is -0.164. The van der Waals surface area contributed by atoms with Gasteiger partial charge < -0.3 is 29.9 Å². The van der Waals surface area contributed by atoms with Crippen LogP contribution in [-0.4, -0.2) is 103 Å². The van der Waals surface area contributed by atoms with E-state index in [4.69, 9.17) is 19.7 Å². The SMILES string of the molecule is C=CCN1CCC23c4c5ccc(O)c4OC2/C(=N/N=C2\CCC4(O)C6Cc7ccc(O)c8c7C4(CCN6CC=C)C2O8)CCC3(O)C1C5.Cl.Cl. The predicted molar refractivity (Wildman–Crippen MR) is 194 cm³/mol. The summed E-state index contributed by atoms with van der Waals surface area (Å²) in [5.41, 5.74) is 1.99. The van der Waals surface area contributed by atoms with Crippen LogP contribution in [0.1, 0.15) is 60.8 Å². The molecule has 0 aromatic heterocycles. The maximum atomic E-state index is 12.7. The molecule has 8 aliphatic rings. The Morgan fingerprint density at radius 2 is 1.12 bits per heavy atom. The minimum atomic E-state index is -1.06. The minimum Gasteiger partial charge on any atom is -0.504 e. The van der Waals surface area contributed by atoms with E-state index in [1.165, 1.54) is 0 Å². The molecule has 4 aliphatic heterocycles. The van der Waals surface area contributed by atoms with E-state index in [2.05, 4.69) is 23.0 Å². The fraction of sp³-hybridized carbons (Fsp3) is 0.526. The molecule has 2 aromatic carbocycles. The Bertz CT molecular complexity index is 1750. The van der Waals surface area contributed by atoms with Gasteiger partial charge in [0.2, 0.25) is 0 Å². The van der Waals surface area contributed by atoms with E-state index in [9.17, 15) is 20.4 Å². The van der Waals surface area contributed by atoms with Crippen molar-refractivity contribution in [3.63, 3.8) is 0 Å². The van der Waals surface area contributed by atoms with Gasteiger partial charge in [-0.1, -0.05) is 24.3 Å². The number of benzene rings is 2. The molecule has 266 valence electrons. The van der Waals surface area contributed by atoms with Crippen LogP contribution in [0, 0.1) is 0 Å². The monoisotopic (exact) mass is 722 g/mol. The fourth-order valence-electron chi connectivity index (χ4n) is 12.0. The van der Waals surface area contributed by atoms with Crippen LogP contribution >= 0.6 is 24.8 Å². The van der Waals surface area contributed by atoms with Gasteiger partial charge in [0.15, 0.2) is 35.2 Å². The second kappa shape index (κ2) is 11.2. The second-order valence-electron chi connectivity index (χ2n) is 15.4. The first-order valence-corrected chi connectivity index (χ1v) is 17.5. The van der Waals surface area contributed by atoms with E-state index in [0.717, 1.165) is 46.8 Å². The summed E-state index contributed by atoms with van der Waals surface area (Å²) in [7, 11) is 0. The smallest absolute Gasteiger partial charge is 0.166 e. The molecule has 8 atom stereocenters. The van der Waals surface area contributed by atoms with Crippen molar-refractivity contribution in [3.8, 4) is 23.0 Å². The second-order valence-corrected chi connectivity index (χ2v) is 15.4. The van der Waals surface area contributed by atoms with Gasteiger partial charge in [0.25, 0.3) is 0 Å². The van der Waals surface area contributed by atoms with Gasteiger partial charge in [-0.25, -0.2) is 0 Å². The van der Waals surface area contributed by atoms with Crippen LogP contribution in [0.3, 0.4) is 0 Å². The van der Waals surface area contributed by atoms with Crippen molar-refractivity contribution < 1.29 is 29.9 Å². The molecule has 0 amide bonds. The van der Waals surface area contributed by atoms with E-state index >= 15 is 0 Å². The topological polar surface area (TPSA) is 131 Å². The molecule has 8 unspecified atom stereocenters. The molecule has 12 heteroatoms. The van der Waals surface area contributed by atoms with Gasteiger partial charge in [-0.15, -0.1) is 38.0 Å². The van der Waals surface area contributed by atoms with Gasteiger partial charge >= 0.3 is 0 Å². The maximum absolute atomic E-state index is 12.7. The number of phenolic OH excluding ortho intramolecular Hbond substituents is 2. The summed E-state index contributed by atoms with van der Waals surface area (Å²) in [6, 6.07) is 7.18.